The fraction of sp³-hybridized carbons (Fsp3) is 0.333. The van der Waals surface area contributed by atoms with Gasteiger partial charge in [-0.1, -0.05) is 25.1 Å². The number of hydrogen-bond acceptors (Lipinski definition) is 3. The highest BCUT2D eigenvalue weighted by molar-refractivity contribution is 5.97. The van der Waals surface area contributed by atoms with E-state index in [0.717, 1.165) is 37.2 Å². The SMILES string of the molecule is CCc1ccc(CC(=O)c2ccc3c(c2)CNCC3)nc1. The Balaban J connectivity index is 1.75. The van der Waals surface area contributed by atoms with Crippen molar-refractivity contribution in [2.24, 2.45) is 0 Å². The summed E-state index contributed by atoms with van der Waals surface area (Å²) in [5.41, 5.74) is 5.44. The van der Waals surface area contributed by atoms with E-state index in [9.17, 15) is 4.79 Å². The number of fused-ring (bicyclic) bond motifs is 1. The van der Waals surface area contributed by atoms with E-state index < -0.39 is 0 Å². The summed E-state index contributed by atoms with van der Waals surface area (Å²) in [5.74, 6) is 0.139. The quantitative estimate of drug-likeness (QED) is 0.876. The topological polar surface area (TPSA) is 42.0 Å². The Bertz CT molecular complexity index is 647. The molecule has 0 aliphatic carbocycles. The van der Waals surface area contributed by atoms with Crippen LogP contribution in [0, 0.1) is 0 Å². The number of Topliss-reactive ketones (excluding diaryl/α,β-unsaturated/α-hetero) is 1. The Morgan fingerprint density at radius 3 is 2.90 bits per heavy atom. The first kappa shape index (κ1) is 14.0. The maximum absolute atomic E-state index is 12.4. The molecule has 0 saturated heterocycles. The molecule has 108 valence electrons. The van der Waals surface area contributed by atoms with Crippen molar-refractivity contribution in [1.29, 1.82) is 0 Å². The van der Waals surface area contributed by atoms with Gasteiger partial charge in [-0.05, 0) is 48.2 Å². The normalized spacial score (nSPS) is 13.8. The van der Waals surface area contributed by atoms with Gasteiger partial charge in [-0.2, -0.15) is 0 Å². The fourth-order valence-corrected chi connectivity index (χ4v) is 2.69. The van der Waals surface area contributed by atoms with Crippen molar-refractivity contribution in [3.05, 3.63) is 64.5 Å². The number of nitrogens with zero attached hydrogens (tertiary/aromatic N) is 1. The Hall–Kier alpha value is -2.00. The van der Waals surface area contributed by atoms with Crippen LogP contribution < -0.4 is 5.32 Å². The Morgan fingerprint density at radius 2 is 2.14 bits per heavy atom. The van der Waals surface area contributed by atoms with E-state index in [1.165, 1.54) is 16.7 Å². The Kier molecular flexibility index (Phi) is 4.11. The summed E-state index contributed by atoms with van der Waals surface area (Å²) >= 11 is 0. The van der Waals surface area contributed by atoms with Crippen molar-refractivity contribution < 1.29 is 4.79 Å². The number of hydrogen-bond donors (Lipinski definition) is 1. The molecular weight excluding hydrogens is 260 g/mol. The van der Waals surface area contributed by atoms with Crippen molar-refractivity contribution >= 4 is 5.78 Å². The van der Waals surface area contributed by atoms with E-state index in [2.05, 4.69) is 23.3 Å². The van der Waals surface area contributed by atoms with Crippen molar-refractivity contribution in [3.63, 3.8) is 0 Å². The molecule has 21 heavy (non-hydrogen) atoms. The van der Waals surface area contributed by atoms with Crippen LogP contribution in [0.1, 0.15) is 39.7 Å². The van der Waals surface area contributed by atoms with Gasteiger partial charge in [0.1, 0.15) is 0 Å². The summed E-state index contributed by atoms with van der Waals surface area (Å²) < 4.78 is 0. The van der Waals surface area contributed by atoms with E-state index in [0.29, 0.717) is 6.42 Å². The van der Waals surface area contributed by atoms with Gasteiger partial charge in [0, 0.05) is 24.0 Å². The summed E-state index contributed by atoms with van der Waals surface area (Å²) in [6, 6.07) is 10.1. The van der Waals surface area contributed by atoms with E-state index in [-0.39, 0.29) is 5.78 Å². The molecule has 1 aromatic heterocycles. The molecule has 3 rings (SSSR count). The van der Waals surface area contributed by atoms with Gasteiger partial charge in [-0.25, -0.2) is 0 Å². The lowest BCUT2D eigenvalue weighted by molar-refractivity contribution is 0.0992. The number of ketones is 1. The second-order valence-electron chi connectivity index (χ2n) is 5.52. The van der Waals surface area contributed by atoms with Crippen LogP contribution in [0.15, 0.2) is 36.5 Å². The van der Waals surface area contributed by atoms with Crippen molar-refractivity contribution in [2.45, 2.75) is 32.7 Å². The van der Waals surface area contributed by atoms with Crippen LogP contribution in [0.4, 0.5) is 0 Å². The molecule has 3 nitrogen and oxygen atoms in total. The van der Waals surface area contributed by atoms with Crippen molar-refractivity contribution in [3.8, 4) is 0 Å². The third kappa shape index (κ3) is 3.19. The number of aryl methyl sites for hydroxylation is 1. The molecule has 0 bridgehead atoms. The number of nitrogens with one attached hydrogen (secondary N) is 1. The van der Waals surface area contributed by atoms with Gasteiger partial charge in [0.15, 0.2) is 5.78 Å². The zero-order chi connectivity index (χ0) is 14.7. The number of benzene rings is 1. The summed E-state index contributed by atoms with van der Waals surface area (Å²) in [6.45, 7) is 3.98. The minimum absolute atomic E-state index is 0.139. The molecule has 0 atom stereocenters. The molecule has 2 heterocycles. The zero-order valence-corrected chi connectivity index (χ0v) is 12.4. The summed E-state index contributed by atoms with van der Waals surface area (Å²) in [4.78, 5) is 16.8. The molecule has 0 spiro atoms. The highest BCUT2D eigenvalue weighted by Crippen LogP contribution is 2.17. The standard InChI is InChI=1S/C18H20N2O/c1-2-13-3-6-17(20-11-13)10-18(21)15-5-4-14-7-8-19-12-16(14)9-15/h3-6,9,11,19H,2,7-8,10,12H2,1H3. The summed E-state index contributed by atoms with van der Waals surface area (Å²) in [7, 11) is 0. The van der Waals surface area contributed by atoms with Crippen molar-refractivity contribution in [1.82, 2.24) is 10.3 Å². The number of carbonyl (C=O) groups excluding carboxylic acids is 1. The number of carbonyl (C=O) groups is 1. The third-order valence-electron chi connectivity index (χ3n) is 4.05. The number of pyridine rings is 1. The van der Waals surface area contributed by atoms with Gasteiger partial charge < -0.3 is 5.32 Å². The molecule has 0 unspecified atom stereocenters. The first-order valence-electron chi connectivity index (χ1n) is 7.56. The summed E-state index contributed by atoms with van der Waals surface area (Å²) in [5, 5.41) is 3.35. The highest BCUT2D eigenvalue weighted by Gasteiger charge is 2.13. The molecule has 0 radical (unpaired) electrons. The minimum Gasteiger partial charge on any atom is -0.312 e. The first-order valence-corrected chi connectivity index (χ1v) is 7.56. The molecule has 2 aromatic rings. The lowest BCUT2D eigenvalue weighted by Crippen LogP contribution is -2.24. The largest absolute Gasteiger partial charge is 0.312 e. The average molecular weight is 280 g/mol. The molecule has 1 aromatic carbocycles. The number of aromatic nitrogens is 1. The molecule has 0 fully saturated rings. The third-order valence-corrected chi connectivity index (χ3v) is 4.05. The molecule has 0 saturated carbocycles. The second-order valence-corrected chi connectivity index (χ2v) is 5.52. The van der Waals surface area contributed by atoms with Crippen LogP contribution in [0.3, 0.4) is 0 Å². The van der Waals surface area contributed by atoms with Crippen LogP contribution in [-0.2, 0) is 25.8 Å². The lowest BCUT2D eigenvalue weighted by Gasteiger charge is -2.17. The second kappa shape index (κ2) is 6.19. The summed E-state index contributed by atoms with van der Waals surface area (Å²) in [6.07, 6.45) is 4.25. The molecule has 3 heteroatoms. The van der Waals surface area contributed by atoms with Gasteiger partial charge in [0.25, 0.3) is 0 Å². The average Bonchev–Trinajstić information content (AvgIpc) is 2.55. The zero-order valence-electron chi connectivity index (χ0n) is 12.4. The monoisotopic (exact) mass is 280 g/mol. The number of rotatable bonds is 4. The van der Waals surface area contributed by atoms with Crippen LogP contribution >= 0.6 is 0 Å². The minimum atomic E-state index is 0.139. The Labute approximate surface area is 125 Å². The smallest absolute Gasteiger partial charge is 0.168 e. The molecule has 0 amide bonds. The molecular formula is C18H20N2O. The van der Waals surface area contributed by atoms with Crippen LogP contribution in [0.5, 0.6) is 0 Å². The van der Waals surface area contributed by atoms with Crippen molar-refractivity contribution in [2.75, 3.05) is 6.54 Å². The van der Waals surface area contributed by atoms with Crippen LogP contribution in [0.25, 0.3) is 0 Å². The maximum Gasteiger partial charge on any atom is 0.168 e. The highest BCUT2D eigenvalue weighted by atomic mass is 16.1. The van der Waals surface area contributed by atoms with E-state index in [4.69, 9.17) is 0 Å². The van der Waals surface area contributed by atoms with Crippen LogP contribution in [0.2, 0.25) is 0 Å². The predicted octanol–water partition coefficient (Wildman–Crippen LogP) is 2.72. The van der Waals surface area contributed by atoms with E-state index in [1.54, 1.807) is 0 Å². The Morgan fingerprint density at radius 1 is 1.24 bits per heavy atom. The van der Waals surface area contributed by atoms with E-state index in [1.807, 2.05) is 30.5 Å². The van der Waals surface area contributed by atoms with Crippen LogP contribution in [-0.4, -0.2) is 17.3 Å². The molecule has 1 aliphatic rings. The van der Waals surface area contributed by atoms with Gasteiger partial charge in [-0.3, -0.25) is 9.78 Å². The predicted molar refractivity (Wildman–Crippen MR) is 83.5 cm³/mol. The fourth-order valence-electron chi connectivity index (χ4n) is 2.69. The molecule has 1 aliphatic heterocycles. The van der Waals surface area contributed by atoms with Gasteiger partial charge >= 0.3 is 0 Å². The first-order chi connectivity index (χ1) is 10.3. The molecule has 1 N–H and O–H groups in total. The van der Waals surface area contributed by atoms with Gasteiger partial charge in [0.05, 0.1) is 6.42 Å². The van der Waals surface area contributed by atoms with E-state index >= 15 is 0 Å². The maximum atomic E-state index is 12.4. The van der Waals surface area contributed by atoms with Gasteiger partial charge in [0.2, 0.25) is 0 Å². The van der Waals surface area contributed by atoms with Gasteiger partial charge in [-0.15, -0.1) is 0 Å². The lowest BCUT2D eigenvalue weighted by atomic mass is 9.96.